The molecule has 0 spiro atoms. The molecule has 1 aromatic heterocycles. The van der Waals surface area contributed by atoms with Crippen LogP contribution < -0.4 is 0 Å². The second kappa shape index (κ2) is 12.0. The van der Waals surface area contributed by atoms with Gasteiger partial charge in [0.15, 0.2) is 0 Å². The molecule has 1 fully saturated rings. The Hall–Kier alpha value is -0.980. The second-order valence-electron chi connectivity index (χ2n) is 8.06. The number of hydrogen-bond donors (Lipinski definition) is 3. The minimum atomic E-state index is -0.612. The van der Waals surface area contributed by atoms with Crippen LogP contribution in [0.5, 0.6) is 0 Å². The average molecular weight is 441 g/mol. The van der Waals surface area contributed by atoms with Crippen LogP contribution in [0.3, 0.4) is 0 Å². The van der Waals surface area contributed by atoms with Gasteiger partial charge >= 0.3 is 0 Å². The number of carbonyl (C=O) groups excluding carboxylic acids is 1. The Bertz CT molecular complexity index is 712. The van der Waals surface area contributed by atoms with Crippen molar-refractivity contribution in [2.45, 2.75) is 77.1 Å². The molecule has 1 aliphatic rings. The van der Waals surface area contributed by atoms with Crippen molar-refractivity contribution in [3.05, 3.63) is 45.1 Å². The first-order chi connectivity index (χ1) is 13.8. The van der Waals surface area contributed by atoms with Crippen molar-refractivity contribution in [1.82, 2.24) is 0 Å². The molecular weight excluding hydrogens is 408 g/mol. The predicted octanol–water partition coefficient (Wildman–Crippen LogP) is 4.62. The first-order valence-electron chi connectivity index (χ1n) is 10.4. The summed E-state index contributed by atoms with van der Waals surface area (Å²) < 4.78 is 0.781. The molecule has 0 radical (unpaired) electrons. The minimum absolute atomic E-state index is 0.0634. The lowest BCUT2D eigenvalue weighted by molar-refractivity contribution is -0.117. The highest BCUT2D eigenvalue weighted by atomic mass is 35.5. The maximum Gasteiger partial charge on any atom is 0.129 e. The molecule has 162 valence electrons. The van der Waals surface area contributed by atoms with Gasteiger partial charge in [0, 0.05) is 23.6 Å². The first-order valence-corrected chi connectivity index (χ1v) is 11.6. The molecule has 1 saturated carbocycles. The Morgan fingerprint density at radius 1 is 1.34 bits per heavy atom. The number of hydrogen-bond acceptors (Lipinski definition) is 5. The summed E-state index contributed by atoms with van der Waals surface area (Å²) >= 11 is 7.74. The van der Waals surface area contributed by atoms with Crippen molar-refractivity contribution in [2.75, 3.05) is 0 Å². The zero-order valence-corrected chi connectivity index (χ0v) is 18.8. The fourth-order valence-electron chi connectivity index (χ4n) is 3.91. The molecule has 1 aromatic rings. The Morgan fingerprint density at radius 3 is 2.76 bits per heavy atom. The van der Waals surface area contributed by atoms with Crippen LogP contribution in [0.25, 0.3) is 0 Å². The lowest BCUT2D eigenvalue weighted by Crippen LogP contribution is -2.20. The lowest BCUT2D eigenvalue weighted by atomic mass is 9.89. The number of aliphatic hydroxyl groups is 3. The number of thiophene rings is 1. The highest BCUT2D eigenvalue weighted by Crippen LogP contribution is 2.36. The van der Waals surface area contributed by atoms with Crippen LogP contribution in [0, 0.1) is 18.8 Å². The summed E-state index contributed by atoms with van der Waals surface area (Å²) in [5, 5.41) is 30.9. The van der Waals surface area contributed by atoms with Gasteiger partial charge in [-0.2, -0.15) is 0 Å². The van der Waals surface area contributed by atoms with E-state index in [9.17, 15) is 20.1 Å². The number of allylic oxidation sites excluding steroid dienone is 2. The van der Waals surface area contributed by atoms with Crippen LogP contribution >= 0.6 is 22.9 Å². The van der Waals surface area contributed by atoms with E-state index in [0.29, 0.717) is 32.1 Å². The summed E-state index contributed by atoms with van der Waals surface area (Å²) in [5.74, 6) is -0.0344. The topological polar surface area (TPSA) is 77.8 Å². The number of carbonyl (C=O) groups is 1. The fraction of sp³-hybridized carbons (Fsp3) is 0.609. The van der Waals surface area contributed by atoms with Gasteiger partial charge < -0.3 is 20.1 Å². The molecule has 1 heterocycles. The van der Waals surface area contributed by atoms with Gasteiger partial charge in [-0.15, -0.1) is 11.3 Å². The quantitative estimate of drug-likeness (QED) is 0.346. The molecule has 6 heteroatoms. The highest BCUT2D eigenvalue weighted by molar-refractivity contribution is 7.16. The zero-order valence-electron chi connectivity index (χ0n) is 17.3. The summed E-state index contributed by atoms with van der Waals surface area (Å²) in [6, 6.07) is 2.05. The van der Waals surface area contributed by atoms with Crippen LogP contribution in [-0.2, 0) is 11.2 Å². The molecule has 0 bridgehead atoms. The van der Waals surface area contributed by atoms with Crippen LogP contribution in [0.2, 0.25) is 4.34 Å². The van der Waals surface area contributed by atoms with Gasteiger partial charge in [0.1, 0.15) is 5.78 Å². The number of ketones is 1. The van der Waals surface area contributed by atoms with Gasteiger partial charge in [-0.05, 0) is 63.5 Å². The molecule has 0 aromatic carbocycles. The van der Waals surface area contributed by atoms with E-state index in [4.69, 9.17) is 11.6 Å². The Kier molecular flexibility index (Phi) is 10.1. The van der Waals surface area contributed by atoms with Crippen LogP contribution in [0.4, 0.5) is 0 Å². The van der Waals surface area contributed by atoms with Crippen molar-refractivity contribution in [2.24, 2.45) is 11.8 Å². The first kappa shape index (κ1) is 24.3. The SMILES string of the molecule is CC(=O)CCC/C=C\CC1C(O)CC(O)C1/C=C/C(O)CCc1cc(C)sc1Cl. The van der Waals surface area contributed by atoms with Gasteiger partial charge in [-0.25, -0.2) is 0 Å². The van der Waals surface area contributed by atoms with Crippen molar-refractivity contribution >= 4 is 28.7 Å². The van der Waals surface area contributed by atoms with E-state index < -0.39 is 18.3 Å². The van der Waals surface area contributed by atoms with E-state index in [1.165, 1.54) is 0 Å². The van der Waals surface area contributed by atoms with Gasteiger partial charge in [0.2, 0.25) is 0 Å². The molecule has 4 nitrogen and oxygen atoms in total. The van der Waals surface area contributed by atoms with Crippen molar-refractivity contribution in [3.63, 3.8) is 0 Å². The van der Waals surface area contributed by atoms with Crippen molar-refractivity contribution in [1.29, 1.82) is 0 Å². The molecule has 1 aliphatic carbocycles. The van der Waals surface area contributed by atoms with Crippen molar-refractivity contribution in [3.8, 4) is 0 Å². The minimum Gasteiger partial charge on any atom is -0.393 e. The maximum atomic E-state index is 11.0. The van der Waals surface area contributed by atoms with Crippen LogP contribution in [0.15, 0.2) is 30.4 Å². The number of Topliss-reactive ketones (excluding diaryl/α,β-unsaturated/α-hetero) is 1. The smallest absolute Gasteiger partial charge is 0.129 e. The summed E-state index contributed by atoms with van der Waals surface area (Å²) in [5.41, 5.74) is 1.06. The summed E-state index contributed by atoms with van der Waals surface area (Å²) in [6.45, 7) is 3.61. The molecule has 2 rings (SSSR count). The average Bonchev–Trinajstić information content (AvgIpc) is 3.11. The molecule has 0 saturated heterocycles. The Morgan fingerprint density at radius 2 is 2.10 bits per heavy atom. The lowest BCUT2D eigenvalue weighted by Gasteiger charge is -2.19. The Balaban J connectivity index is 1.84. The summed E-state index contributed by atoms with van der Waals surface area (Å²) in [6.07, 6.45) is 10.5. The highest BCUT2D eigenvalue weighted by Gasteiger charge is 2.39. The van der Waals surface area contributed by atoms with E-state index in [1.54, 1.807) is 24.3 Å². The van der Waals surface area contributed by atoms with E-state index in [2.05, 4.69) is 6.07 Å². The molecule has 29 heavy (non-hydrogen) atoms. The van der Waals surface area contributed by atoms with Gasteiger partial charge in [-0.3, -0.25) is 0 Å². The monoisotopic (exact) mass is 440 g/mol. The number of aliphatic hydroxyl groups excluding tert-OH is 3. The second-order valence-corrected chi connectivity index (χ2v) is 9.92. The third-order valence-electron chi connectivity index (χ3n) is 5.54. The summed E-state index contributed by atoms with van der Waals surface area (Å²) in [7, 11) is 0. The summed E-state index contributed by atoms with van der Waals surface area (Å²) in [4.78, 5) is 12.1. The Labute approximate surface area is 182 Å². The van der Waals surface area contributed by atoms with E-state index in [-0.39, 0.29) is 17.6 Å². The molecule has 0 aliphatic heterocycles. The van der Waals surface area contributed by atoms with E-state index in [0.717, 1.165) is 27.6 Å². The molecule has 5 unspecified atom stereocenters. The number of rotatable bonds is 11. The van der Waals surface area contributed by atoms with Gasteiger partial charge in [0.25, 0.3) is 0 Å². The molecule has 0 amide bonds. The fourth-order valence-corrected chi connectivity index (χ4v) is 5.20. The molecule has 5 atom stereocenters. The maximum absolute atomic E-state index is 11.0. The van der Waals surface area contributed by atoms with Crippen LogP contribution in [0.1, 0.15) is 55.9 Å². The van der Waals surface area contributed by atoms with E-state index >= 15 is 0 Å². The van der Waals surface area contributed by atoms with Gasteiger partial charge in [-0.1, -0.05) is 35.9 Å². The largest absolute Gasteiger partial charge is 0.393 e. The normalized spacial score (nSPS) is 26.0. The number of unbranched alkanes of at least 4 members (excludes halogenated alkanes) is 1. The third kappa shape index (κ3) is 7.99. The van der Waals surface area contributed by atoms with Gasteiger partial charge in [0.05, 0.1) is 22.6 Å². The predicted molar refractivity (Wildman–Crippen MR) is 119 cm³/mol. The standard InChI is InChI=1S/C23H33ClO4S/c1-15(25)7-5-3-4-6-8-19-20(22(28)14-21(19)27)12-11-18(26)10-9-17-13-16(2)29-23(17)24/h4,6,11-13,18-22,26-28H,3,5,7-10,14H2,1-2H3/b6-4-,12-11+. The third-order valence-corrected chi connectivity index (χ3v) is 6.89. The van der Waals surface area contributed by atoms with Crippen LogP contribution in [-0.4, -0.2) is 39.4 Å². The van der Waals surface area contributed by atoms with Crippen molar-refractivity contribution < 1.29 is 20.1 Å². The number of aryl methyl sites for hydroxylation is 2. The molecular formula is C23H33ClO4S. The zero-order chi connectivity index (χ0) is 21.4. The van der Waals surface area contributed by atoms with E-state index in [1.807, 2.05) is 25.2 Å². The number of halogens is 1. The molecule has 3 N–H and O–H groups in total.